The fourth-order valence-corrected chi connectivity index (χ4v) is 2.63. The average molecular weight is 317 g/mol. The topological polar surface area (TPSA) is 54.9 Å². The molecule has 1 N–H and O–H groups in total. The Bertz CT molecular complexity index is 803. The first-order chi connectivity index (χ1) is 11.7. The van der Waals surface area contributed by atoms with Crippen molar-refractivity contribution in [1.82, 2.24) is 9.97 Å². The van der Waals surface area contributed by atoms with E-state index >= 15 is 0 Å². The van der Waals surface area contributed by atoms with Crippen LogP contribution in [0.1, 0.15) is 22.9 Å². The molecule has 24 heavy (non-hydrogen) atoms. The molecule has 0 spiro atoms. The number of anilines is 1. The molecular formula is C20H19N3O. The number of nitrogens with zero attached hydrogens (tertiary/aromatic N) is 2. The van der Waals surface area contributed by atoms with Crippen LogP contribution in [-0.4, -0.2) is 15.9 Å². The van der Waals surface area contributed by atoms with E-state index in [0.717, 1.165) is 22.6 Å². The summed E-state index contributed by atoms with van der Waals surface area (Å²) < 4.78 is 0. The normalized spacial score (nSPS) is 11.7. The first-order valence-electron chi connectivity index (χ1n) is 7.91. The van der Waals surface area contributed by atoms with Gasteiger partial charge in [-0.2, -0.15) is 0 Å². The minimum atomic E-state index is -0.297. The second kappa shape index (κ2) is 7.51. The summed E-state index contributed by atoms with van der Waals surface area (Å²) in [4.78, 5) is 21.4. The molecule has 1 atom stereocenters. The summed E-state index contributed by atoms with van der Waals surface area (Å²) >= 11 is 0. The van der Waals surface area contributed by atoms with Gasteiger partial charge < -0.3 is 5.32 Å². The molecule has 2 aromatic heterocycles. The third-order valence-corrected chi connectivity index (χ3v) is 3.82. The van der Waals surface area contributed by atoms with Gasteiger partial charge in [0.15, 0.2) is 0 Å². The summed E-state index contributed by atoms with van der Waals surface area (Å²) in [6, 6.07) is 19.2. The highest BCUT2D eigenvalue weighted by atomic mass is 16.1. The Morgan fingerprint density at radius 3 is 2.50 bits per heavy atom. The standard InChI is InChI=1S/C20H19N3O/c1-15-13-18(10-12-21-15)23-20(24)19(16-7-3-2-4-8-16)14-17-9-5-6-11-22-17/h2-13,19H,14H2,1H3,(H,21,23,24). The lowest BCUT2D eigenvalue weighted by Gasteiger charge is -2.17. The third-order valence-electron chi connectivity index (χ3n) is 3.82. The number of pyridine rings is 2. The number of aromatic nitrogens is 2. The average Bonchev–Trinajstić information content (AvgIpc) is 2.61. The molecule has 0 aliphatic carbocycles. The van der Waals surface area contributed by atoms with E-state index in [9.17, 15) is 4.79 Å². The second-order valence-corrected chi connectivity index (χ2v) is 5.66. The van der Waals surface area contributed by atoms with E-state index in [0.29, 0.717) is 6.42 Å². The van der Waals surface area contributed by atoms with Crippen LogP contribution >= 0.6 is 0 Å². The number of amides is 1. The van der Waals surface area contributed by atoms with Gasteiger partial charge in [0.25, 0.3) is 0 Å². The van der Waals surface area contributed by atoms with Crippen molar-refractivity contribution in [2.75, 3.05) is 5.32 Å². The third kappa shape index (κ3) is 4.04. The zero-order chi connectivity index (χ0) is 16.8. The van der Waals surface area contributed by atoms with Crippen LogP contribution in [0.15, 0.2) is 73.1 Å². The molecule has 0 saturated carbocycles. The highest BCUT2D eigenvalue weighted by molar-refractivity contribution is 5.96. The quantitative estimate of drug-likeness (QED) is 0.779. The molecule has 0 bridgehead atoms. The fraction of sp³-hybridized carbons (Fsp3) is 0.150. The Hall–Kier alpha value is -3.01. The summed E-state index contributed by atoms with van der Waals surface area (Å²) in [5, 5.41) is 2.99. The minimum Gasteiger partial charge on any atom is -0.325 e. The SMILES string of the molecule is Cc1cc(NC(=O)C(Cc2ccccn2)c2ccccc2)ccn1. The number of carbonyl (C=O) groups excluding carboxylic acids is 1. The zero-order valence-electron chi connectivity index (χ0n) is 13.5. The van der Waals surface area contributed by atoms with Crippen molar-refractivity contribution in [2.24, 2.45) is 0 Å². The van der Waals surface area contributed by atoms with Gasteiger partial charge >= 0.3 is 0 Å². The highest BCUT2D eigenvalue weighted by Gasteiger charge is 2.21. The van der Waals surface area contributed by atoms with Crippen LogP contribution in [-0.2, 0) is 11.2 Å². The Kier molecular flexibility index (Phi) is 4.96. The molecule has 4 nitrogen and oxygen atoms in total. The van der Waals surface area contributed by atoms with Crippen molar-refractivity contribution >= 4 is 11.6 Å². The molecule has 0 saturated heterocycles. The van der Waals surface area contributed by atoms with Gasteiger partial charge in [-0.3, -0.25) is 14.8 Å². The number of aryl methyl sites for hydroxylation is 1. The smallest absolute Gasteiger partial charge is 0.232 e. The van der Waals surface area contributed by atoms with Gasteiger partial charge in [0.05, 0.1) is 5.92 Å². The Morgan fingerprint density at radius 2 is 1.79 bits per heavy atom. The van der Waals surface area contributed by atoms with E-state index < -0.39 is 0 Å². The molecule has 4 heteroatoms. The van der Waals surface area contributed by atoms with Gasteiger partial charge in [0.1, 0.15) is 0 Å². The van der Waals surface area contributed by atoms with E-state index in [1.54, 1.807) is 18.5 Å². The van der Waals surface area contributed by atoms with Gasteiger partial charge in [0.2, 0.25) is 5.91 Å². The first-order valence-corrected chi connectivity index (χ1v) is 7.91. The van der Waals surface area contributed by atoms with Gasteiger partial charge in [0, 0.05) is 35.9 Å². The molecule has 0 radical (unpaired) electrons. The molecule has 120 valence electrons. The maximum Gasteiger partial charge on any atom is 0.232 e. The molecule has 1 unspecified atom stereocenters. The number of nitrogens with one attached hydrogen (secondary N) is 1. The fourth-order valence-electron chi connectivity index (χ4n) is 2.63. The molecule has 3 aromatic rings. The van der Waals surface area contributed by atoms with Gasteiger partial charge in [-0.15, -0.1) is 0 Å². The van der Waals surface area contributed by atoms with E-state index in [1.807, 2.05) is 61.5 Å². The summed E-state index contributed by atoms with van der Waals surface area (Å²) in [7, 11) is 0. The van der Waals surface area contributed by atoms with Gasteiger partial charge in [-0.05, 0) is 36.8 Å². The van der Waals surface area contributed by atoms with Gasteiger partial charge in [-0.1, -0.05) is 36.4 Å². The van der Waals surface area contributed by atoms with Crippen LogP contribution in [0.2, 0.25) is 0 Å². The number of hydrogen-bond acceptors (Lipinski definition) is 3. The number of carbonyl (C=O) groups is 1. The minimum absolute atomic E-state index is 0.0440. The van der Waals surface area contributed by atoms with Gasteiger partial charge in [-0.25, -0.2) is 0 Å². The van der Waals surface area contributed by atoms with Crippen LogP contribution in [0, 0.1) is 6.92 Å². The molecule has 1 amide bonds. The van der Waals surface area contributed by atoms with Crippen molar-refractivity contribution in [2.45, 2.75) is 19.3 Å². The lowest BCUT2D eigenvalue weighted by Crippen LogP contribution is -2.23. The van der Waals surface area contributed by atoms with E-state index in [-0.39, 0.29) is 11.8 Å². The number of rotatable bonds is 5. The maximum absolute atomic E-state index is 12.9. The predicted molar refractivity (Wildman–Crippen MR) is 94.7 cm³/mol. The van der Waals surface area contributed by atoms with Crippen molar-refractivity contribution in [1.29, 1.82) is 0 Å². The Balaban J connectivity index is 1.85. The predicted octanol–water partition coefficient (Wildman–Crippen LogP) is 3.75. The number of benzene rings is 1. The molecule has 3 rings (SSSR count). The van der Waals surface area contributed by atoms with Crippen molar-refractivity contribution in [3.63, 3.8) is 0 Å². The molecular weight excluding hydrogens is 298 g/mol. The van der Waals surface area contributed by atoms with Crippen LogP contribution in [0.5, 0.6) is 0 Å². The summed E-state index contributed by atoms with van der Waals surface area (Å²) in [6.07, 6.45) is 4.00. The molecule has 1 aromatic carbocycles. The van der Waals surface area contributed by atoms with Crippen LogP contribution in [0.4, 0.5) is 5.69 Å². The van der Waals surface area contributed by atoms with E-state index in [2.05, 4.69) is 15.3 Å². The number of hydrogen-bond donors (Lipinski definition) is 1. The Labute approximate surface area is 141 Å². The monoisotopic (exact) mass is 317 g/mol. The maximum atomic E-state index is 12.9. The van der Waals surface area contributed by atoms with E-state index in [1.165, 1.54) is 0 Å². The summed E-state index contributed by atoms with van der Waals surface area (Å²) in [5.41, 5.74) is 3.50. The molecule has 2 heterocycles. The van der Waals surface area contributed by atoms with Crippen LogP contribution in [0.25, 0.3) is 0 Å². The van der Waals surface area contributed by atoms with Crippen LogP contribution < -0.4 is 5.32 Å². The molecule has 0 aliphatic heterocycles. The van der Waals surface area contributed by atoms with Crippen molar-refractivity contribution in [3.8, 4) is 0 Å². The molecule has 0 aliphatic rings. The van der Waals surface area contributed by atoms with Crippen molar-refractivity contribution in [3.05, 3.63) is 90.0 Å². The highest BCUT2D eigenvalue weighted by Crippen LogP contribution is 2.22. The lowest BCUT2D eigenvalue weighted by molar-refractivity contribution is -0.117. The van der Waals surface area contributed by atoms with Crippen LogP contribution in [0.3, 0.4) is 0 Å². The Morgan fingerprint density at radius 1 is 1.00 bits per heavy atom. The van der Waals surface area contributed by atoms with E-state index in [4.69, 9.17) is 0 Å². The van der Waals surface area contributed by atoms with Crippen molar-refractivity contribution < 1.29 is 4.79 Å². The second-order valence-electron chi connectivity index (χ2n) is 5.66. The lowest BCUT2D eigenvalue weighted by atomic mass is 9.93. The molecule has 0 fully saturated rings. The summed E-state index contributed by atoms with van der Waals surface area (Å²) in [5.74, 6) is -0.341. The largest absolute Gasteiger partial charge is 0.325 e. The summed E-state index contributed by atoms with van der Waals surface area (Å²) in [6.45, 7) is 1.90. The first kappa shape index (κ1) is 15.9. The zero-order valence-corrected chi connectivity index (χ0v) is 13.5.